The smallest absolute Gasteiger partial charge is 0.335 e. The monoisotopic (exact) mass is 442 g/mol. The summed E-state index contributed by atoms with van der Waals surface area (Å²) >= 11 is 0. The van der Waals surface area contributed by atoms with Crippen molar-refractivity contribution in [1.82, 2.24) is 0 Å². The topological polar surface area (TPSA) is 109 Å². The van der Waals surface area contributed by atoms with Gasteiger partial charge in [-0.3, -0.25) is 4.79 Å². The van der Waals surface area contributed by atoms with E-state index in [9.17, 15) is 14.9 Å². The highest BCUT2D eigenvalue weighted by molar-refractivity contribution is 6.09. The minimum atomic E-state index is -0.993. The van der Waals surface area contributed by atoms with Crippen molar-refractivity contribution in [2.75, 3.05) is 11.9 Å². The van der Waals surface area contributed by atoms with Gasteiger partial charge in [0.15, 0.2) is 0 Å². The number of carbonyl (C=O) groups excluding carboxylic acids is 1. The molecule has 3 aromatic rings. The molecule has 0 aliphatic heterocycles. The number of rotatable bonds is 9. The van der Waals surface area contributed by atoms with Gasteiger partial charge in [0.05, 0.1) is 12.2 Å². The third-order valence-corrected chi connectivity index (χ3v) is 4.56. The van der Waals surface area contributed by atoms with Crippen molar-refractivity contribution in [3.63, 3.8) is 0 Å². The molecule has 0 aliphatic carbocycles. The number of carbonyl (C=O) groups is 2. The molecule has 0 spiro atoms. The lowest BCUT2D eigenvalue weighted by atomic mass is 10.1. The predicted octanol–water partition coefficient (Wildman–Crippen LogP) is 4.91. The summed E-state index contributed by atoms with van der Waals surface area (Å²) in [6, 6.07) is 22.2. The van der Waals surface area contributed by atoms with Crippen LogP contribution >= 0.6 is 0 Å². The predicted molar refractivity (Wildman–Crippen MR) is 124 cm³/mol. The van der Waals surface area contributed by atoms with Gasteiger partial charge in [-0.05, 0) is 72.7 Å². The first-order valence-electron chi connectivity index (χ1n) is 10.2. The van der Waals surface area contributed by atoms with Crippen molar-refractivity contribution in [3.05, 3.63) is 95.1 Å². The molecule has 0 aliphatic rings. The molecule has 1 amide bonds. The summed E-state index contributed by atoms with van der Waals surface area (Å²) in [5.74, 6) is -0.234. The Morgan fingerprint density at radius 1 is 1.00 bits per heavy atom. The molecular formula is C26H22N2O5. The molecule has 7 nitrogen and oxygen atoms in total. The Kier molecular flexibility index (Phi) is 7.81. The fraction of sp³-hybridized carbons (Fsp3) is 0.115. The average molecular weight is 442 g/mol. The lowest BCUT2D eigenvalue weighted by Gasteiger charge is -2.08. The van der Waals surface area contributed by atoms with Gasteiger partial charge in [-0.1, -0.05) is 24.3 Å². The zero-order valence-corrected chi connectivity index (χ0v) is 17.9. The van der Waals surface area contributed by atoms with E-state index in [2.05, 4.69) is 5.32 Å². The van der Waals surface area contributed by atoms with Crippen LogP contribution in [0.5, 0.6) is 11.5 Å². The van der Waals surface area contributed by atoms with E-state index >= 15 is 0 Å². The number of benzene rings is 3. The van der Waals surface area contributed by atoms with Crippen molar-refractivity contribution in [1.29, 1.82) is 5.26 Å². The molecule has 2 N–H and O–H groups in total. The second kappa shape index (κ2) is 11.2. The van der Waals surface area contributed by atoms with Crippen LogP contribution in [0.25, 0.3) is 6.08 Å². The van der Waals surface area contributed by atoms with Gasteiger partial charge in [0.2, 0.25) is 0 Å². The van der Waals surface area contributed by atoms with E-state index in [-0.39, 0.29) is 17.7 Å². The first-order valence-corrected chi connectivity index (χ1v) is 10.2. The van der Waals surface area contributed by atoms with Crippen LogP contribution in [0.15, 0.2) is 78.4 Å². The first-order chi connectivity index (χ1) is 16.0. The number of anilines is 1. The molecule has 0 bridgehead atoms. The number of nitrogens with zero attached hydrogens (tertiary/aromatic N) is 1. The molecule has 0 saturated heterocycles. The van der Waals surface area contributed by atoms with E-state index in [0.717, 1.165) is 5.56 Å². The van der Waals surface area contributed by atoms with Crippen molar-refractivity contribution in [3.8, 4) is 17.6 Å². The number of aromatic carboxylic acids is 1. The lowest BCUT2D eigenvalue weighted by molar-refractivity contribution is -0.112. The number of carboxylic acids is 1. The van der Waals surface area contributed by atoms with E-state index < -0.39 is 11.9 Å². The number of carboxylic acid groups (broad SMARTS) is 1. The highest BCUT2D eigenvalue weighted by atomic mass is 16.5. The molecule has 33 heavy (non-hydrogen) atoms. The summed E-state index contributed by atoms with van der Waals surface area (Å²) in [6.07, 6.45) is 1.49. The van der Waals surface area contributed by atoms with Crippen LogP contribution in [0.1, 0.15) is 28.4 Å². The van der Waals surface area contributed by atoms with Crippen LogP contribution in [-0.2, 0) is 11.4 Å². The molecule has 0 heterocycles. The maximum Gasteiger partial charge on any atom is 0.335 e. The van der Waals surface area contributed by atoms with Gasteiger partial charge in [0.1, 0.15) is 29.7 Å². The van der Waals surface area contributed by atoms with Crippen molar-refractivity contribution in [2.24, 2.45) is 0 Å². The number of hydrogen-bond donors (Lipinski definition) is 2. The normalized spacial score (nSPS) is 10.7. The van der Waals surface area contributed by atoms with E-state index in [1.807, 2.05) is 13.0 Å². The molecule has 7 heteroatoms. The van der Waals surface area contributed by atoms with Crippen LogP contribution in [0.3, 0.4) is 0 Å². The maximum atomic E-state index is 12.5. The van der Waals surface area contributed by atoms with Gasteiger partial charge < -0.3 is 19.9 Å². The molecular weight excluding hydrogens is 420 g/mol. The molecule has 166 valence electrons. The third kappa shape index (κ3) is 6.71. The van der Waals surface area contributed by atoms with Gasteiger partial charge in [-0.15, -0.1) is 0 Å². The van der Waals surface area contributed by atoms with Gasteiger partial charge in [-0.2, -0.15) is 5.26 Å². The van der Waals surface area contributed by atoms with Crippen LogP contribution in [0, 0.1) is 11.3 Å². The second-order valence-electron chi connectivity index (χ2n) is 6.94. The van der Waals surface area contributed by atoms with Crippen LogP contribution < -0.4 is 14.8 Å². The van der Waals surface area contributed by atoms with Gasteiger partial charge >= 0.3 is 5.97 Å². The fourth-order valence-corrected chi connectivity index (χ4v) is 2.94. The zero-order valence-electron chi connectivity index (χ0n) is 17.9. The molecule has 0 unspecified atom stereocenters. The second-order valence-corrected chi connectivity index (χ2v) is 6.94. The number of nitriles is 1. The Hall–Kier alpha value is -4.57. The highest BCUT2D eigenvalue weighted by Gasteiger charge is 2.10. The molecule has 0 atom stereocenters. The third-order valence-electron chi connectivity index (χ3n) is 4.56. The summed E-state index contributed by atoms with van der Waals surface area (Å²) in [6.45, 7) is 2.65. The first kappa shape index (κ1) is 23.1. The molecule has 0 aromatic heterocycles. The van der Waals surface area contributed by atoms with Crippen molar-refractivity contribution in [2.45, 2.75) is 13.5 Å². The molecule has 0 saturated carbocycles. The van der Waals surface area contributed by atoms with E-state index in [0.29, 0.717) is 29.4 Å². The molecule has 0 radical (unpaired) electrons. The van der Waals surface area contributed by atoms with E-state index in [1.165, 1.54) is 12.1 Å². The standard InChI is InChI=1S/C26H22N2O5/c1-2-32-23-12-8-22(9-13-23)28-25(29)21(16-27)14-18-6-10-24(11-7-18)33-17-19-4-3-5-20(15-19)26(30)31/h3-15H,2,17H2,1H3,(H,28,29)(H,30,31)/b21-14-. The lowest BCUT2D eigenvalue weighted by Crippen LogP contribution is -2.13. The maximum absolute atomic E-state index is 12.5. The van der Waals surface area contributed by atoms with Crippen LogP contribution in [0.4, 0.5) is 5.69 Å². The largest absolute Gasteiger partial charge is 0.494 e. The summed E-state index contributed by atoms with van der Waals surface area (Å²) in [5, 5.41) is 21.2. The van der Waals surface area contributed by atoms with Crippen molar-refractivity contribution < 1.29 is 24.2 Å². The van der Waals surface area contributed by atoms with Crippen LogP contribution in [-0.4, -0.2) is 23.6 Å². The summed E-state index contributed by atoms with van der Waals surface area (Å²) in [7, 11) is 0. The van der Waals surface area contributed by atoms with Crippen molar-refractivity contribution >= 4 is 23.6 Å². The summed E-state index contributed by atoms with van der Waals surface area (Å²) < 4.78 is 11.1. The van der Waals surface area contributed by atoms with E-state index in [1.54, 1.807) is 66.7 Å². The van der Waals surface area contributed by atoms with Gasteiger partial charge in [-0.25, -0.2) is 4.79 Å². The minimum absolute atomic E-state index is 0.0389. The number of nitrogens with one attached hydrogen (secondary N) is 1. The highest BCUT2D eigenvalue weighted by Crippen LogP contribution is 2.19. The minimum Gasteiger partial charge on any atom is -0.494 e. The van der Waals surface area contributed by atoms with E-state index in [4.69, 9.17) is 14.6 Å². The molecule has 0 fully saturated rings. The van der Waals surface area contributed by atoms with Gasteiger partial charge in [0.25, 0.3) is 5.91 Å². The SMILES string of the molecule is CCOc1ccc(NC(=O)/C(C#N)=C\c2ccc(OCc3cccc(C(=O)O)c3)cc2)cc1. The number of ether oxygens (including phenoxy) is 2. The zero-order chi connectivity index (χ0) is 23.6. The number of amides is 1. The van der Waals surface area contributed by atoms with Gasteiger partial charge in [0, 0.05) is 5.69 Å². The Balaban J connectivity index is 1.62. The summed E-state index contributed by atoms with van der Waals surface area (Å²) in [4.78, 5) is 23.5. The Morgan fingerprint density at radius 3 is 2.30 bits per heavy atom. The average Bonchev–Trinajstić information content (AvgIpc) is 2.83. The quantitative estimate of drug-likeness (QED) is 0.360. The molecule has 3 aromatic carbocycles. The Bertz CT molecular complexity index is 1190. The van der Waals surface area contributed by atoms with Crippen LogP contribution in [0.2, 0.25) is 0 Å². The Morgan fingerprint density at radius 2 is 1.67 bits per heavy atom. The molecule has 3 rings (SSSR count). The summed E-state index contributed by atoms with van der Waals surface area (Å²) in [5.41, 5.74) is 2.11. The number of hydrogen-bond acceptors (Lipinski definition) is 5. The Labute approximate surface area is 191 Å². The fourth-order valence-electron chi connectivity index (χ4n) is 2.94.